The van der Waals surface area contributed by atoms with E-state index in [1.165, 1.54) is 12.1 Å². The first kappa shape index (κ1) is 16.7. The normalized spacial score (nSPS) is 11.2. The van der Waals surface area contributed by atoms with Crippen molar-refractivity contribution in [2.45, 2.75) is 0 Å². The number of carbonyl (C=O) groups excluding carboxylic acids is 1. The SMILES string of the molecule is CN(C)CCNC(=O)c1ccc([N+](=O)[O-])c2cc3cnccc3nc12. The quantitative estimate of drug-likeness (QED) is 0.433. The van der Waals surface area contributed by atoms with Crippen molar-refractivity contribution in [2.75, 3.05) is 27.2 Å². The number of fused-ring (bicyclic) bond motifs is 2. The Bertz CT molecular complexity index is 971. The van der Waals surface area contributed by atoms with Crippen molar-refractivity contribution >= 4 is 33.4 Å². The van der Waals surface area contributed by atoms with Gasteiger partial charge in [0.05, 0.1) is 26.9 Å². The molecule has 0 saturated heterocycles. The van der Waals surface area contributed by atoms with Gasteiger partial charge in [-0.3, -0.25) is 19.9 Å². The number of nitro benzene ring substituents is 1. The second kappa shape index (κ2) is 6.78. The number of nitrogens with one attached hydrogen (secondary N) is 1. The molecule has 1 aromatic carbocycles. The van der Waals surface area contributed by atoms with Crippen molar-refractivity contribution in [3.8, 4) is 0 Å². The van der Waals surface area contributed by atoms with E-state index in [9.17, 15) is 14.9 Å². The van der Waals surface area contributed by atoms with Crippen molar-refractivity contribution < 1.29 is 9.72 Å². The number of aromatic nitrogens is 2. The Morgan fingerprint density at radius 1 is 1.32 bits per heavy atom. The fraction of sp³-hybridized carbons (Fsp3) is 0.235. The Kier molecular flexibility index (Phi) is 4.53. The van der Waals surface area contributed by atoms with Crippen LogP contribution in [0, 0.1) is 10.1 Å². The van der Waals surface area contributed by atoms with Crippen molar-refractivity contribution in [2.24, 2.45) is 0 Å². The monoisotopic (exact) mass is 339 g/mol. The van der Waals surface area contributed by atoms with Gasteiger partial charge in [0, 0.05) is 36.9 Å². The van der Waals surface area contributed by atoms with Crippen LogP contribution in [0.3, 0.4) is 0 Å². The van der Waals surface area contributed by atoms with E-state index in [0.717, 1.165) is 0 Å². The molecule has 3 aromatic rings. The number of non-ortho nitro benzene ring substituents is 1. The largest absolute Gasteiger partial charge is 0.351 e. The van der Waals surface area contributed by atoms with Crippen molar-refractivity contribution in [3.05, 3.63) is 52.3 Å². The van der Waals surface area contributed by atoms with Crippen molar-refractivity contribution in [1.82, 2.24) is 20.2 Å². The summed E-state index contributed by atoms with van der Waals surface area (Å²) >= 11 is 0. The predicted molar refractivity (Wildman–Crippen MR) is 94.6 cm³/mol. The van der Waals surface area contributed by atoms with Gasteiger partial charge in [0.25, 0.3) is 11.6 Å². The van der Waals surface area contributed by atoms with E-state index in [0.29, 0.717) is 40.5 Å². The fourth-order valence-electron chi connectivity index (χ4n) is 2.58. The number of hydrogen-bond donors (Lipinski definition) is 1. The minimum atomic E-state index is -0.472. The summed E-state index contributed by atoms with van der Waals surface area (Å²) < 4.78 is 0. The third-order valence-corrected chi connectivity index (χ3v) is 3.84. The summed E-state index contributed by atoms with van der Waals surface area (Å²) in [6.45, 7) is 1.17. The highest BCUT2D eigenvalue weighted by Crippen LogP contribution is 2.29. The third-order valence-electron chi connectivity index (χ3n) is 3.84. The zero-order valence-electron chi connectivity index (χ0n) is 13.9. The standard InChI is InChI=1S/C17H17N5O3/c1-21(2)8-7-19-17(23)12-3-4-15(22(24)25)13-9-11-10-18-6-5-14(11)20-16(12)13/h3-6,9-10H,7-8H2,1-2H3,(H,19,23). The Morgan fingerprint density at radius 2 is 2.12 bits per heavy atom. The van der Waals surface area contributed by atoms with Crippen molar-refractivity contribution in [3.63, 3.8) is 0 Å². The molecule has 0 bridgehead atoms. The average molecular weight is 339 g/mol. The van der Waals surface area contributed by atoms with Crippen LogP contribution in [0.25, 0.3) is 21.8 Å². The molecule has 0 atom stereocenters. The van der Waals surface area contributed by atoms with Gasteiger partial charge in [-0.25, -0.2) is 4.98 Å². The van der Waals surface area contributed by atoms with Gasteiger partial charge in [-0.15, -0.1) is 0 Å². The maximum absolute atomic E-state index is 12.5. The molecule has 0 radical (unpaired) electrons. The molecule has 2 aromatic heterocycles. The molecule has 1 N–H and O–H groups in total. The van der Waals surface area contributed by atoms with Crippen LogP contribution in [-0.2, 0) is 0 Å². The summed E-state index contributed by atoms with van der Waals surface area (Å²) in [6, 6.07) is 6.15. The molecule has 128 valence electrons. The highest BCUT2D eigenvalue weighted by atomic mass is 16.6. The molecule has 0 aliphatic rings. The van der Waals surface area contributed by atoms with E-state index >= 15 is 0 Å². The molecule has 2 heterocycles. The Hall–Kier alpha value is -3.13. The van der Waals surface area contributed by atoms with Crippen LogP contribution in [0.5, 0.6) is 0 Å². The maximum atomic E-state index is 12.5. The first-order chi connectivity index (χ1) is 12.0. The van der Waals surface area contributed by atoms with Gasteiger partial charge in [-0.05, 0) is 32.3 Å². The number of pyridine rings is 2. The maximum Gasteiger partial charge on any atom is 0.278 e. The molecule has 0 spiro atoms. The lowest BCUT2D eigenvalue weighted by Gasteiger charge is -2.11. The second-order valence-corrected chi connectivity index (χ2v) is 5.90. The molecule has 8 heteroatoms. The second-order valence-electron chi connectivity index (χ2n) is 5.90. The van der Waals surface area contributed by atoms with Crippen LogP contribution < -0.4 is 5.32 Å². The number of benzene rings is 1. The van der Waals surface area contributed by atoms with Crippen LogP contribution in [0.15, 0.2) is 36.7 Å². The molecule has 8 nitrogen and oxygen atoms in total. The summed E-state index contributed by atoms with van der Waals surface area (Å²) in [5.74, 6) is -0.303. The Balaban J connectivity index is 2.12. The summed E-state index contributed by atoms with van der Waals surface area (Å²) in [6.07, 6.45) is 3.19. The third kappa shape index (κ3) is 3.38. The Labute approximate surface area is 143 Å². The van der Waals surface area contributed by atoms with Crippen LogP contribution in [-0.4, -0.2) is 52.9 Å². The molecule has 0 saturated carbocycles. The van der Waals surface area contributed by atoms with E-state index in [-0.39, 0.29) is 11.6 Å². The van der Waals surface area contributed by atoms with Gasteiger partial charge >= 0.3 is 0 Å². The minimum absolute atomic E-state index is 0.0851. The summed E-state index contributed by atoms with van der Waals surface area (Å²) in [5.41, 5.74) is 1.18. The summed E-state index contributed by atoms with van der Waals surface area (Å²) in [7, 11) is 3.82. The van der Waals surface area contributed by atoms with E-state index in [1.54, 1.807) is 24.5 Å². The minimum Gasteiger partial charge on any atom is -0.351 e. The molecular formula is C17H17N5O3. The first-order valence-electron chi connectivity index (χ1n) is 7.72. The zero-order chi connectivity index (χ0) is 18.0. The number of nitrogens with zero attached hydrogens (tertiary/aromatic N) is 4. The zero-order valence-corrected chi connectivity index (χ0v) is 13.9. The van der Waals surface area contributed by atoms with E-state index in [4.69, 9.17) is 0 Å². The van der Waals surface area contributed by atoms with Gasteiger partial charge in [0.1, 0.15) is 0 Å². The van der Waals surface area contributed by atoms with Crippen LogP contribution in [0.4, 0.5) is 5.69 Å². The van der Waals surface area contributed by atoms with E-state index < -0.39 is 4.92 Å². The fourth-order valence-corrected chi connectivity index (χ4v) is 2.58. The van der Waals surface area contributed by atoms with Crippen molar-refractivity contribution in [1.29, 1.82) is 0 Å². The Morgan fingerprint density at radius 3 is 2.84 bits per heavy atom. The van der Waals surface area contributed by atoms with E-state index in [1.807, 2.05) is 19.0 Å². The number of amides is 1. The number of rotatable bonds is 5. The predicted octanol–water partition coefficient (Wildman–Crippen LogP) is 1.98. The van der Waals surface area contributed by atoms with Gasteiger partial charge in [-0.1, -0.05) is 0 Å². The van der Waals surface area contributed by atoms with Crippen LogP contribution >= 0.6 is 0 Å². The number of likely N-dealkylation sites (N-methyl/N-ethyl adjacent to an activating group) is 1. The molecule has 0 fully saturated rings. The van der Waals surface area contributed by atoms with Crippen LogP contribution in [0.1, 0.15) is 10.4 Å². The first-order valence-corrected chi connectivity index (χ1v) is 7.72. The summed E-state index contributed by atoms with van der Waals surface area (Å²) in [4.78, 5) is 33.8. The van der Waals surface area contributed by atoms with E-state index in [2.05, 4.69) is 15.3 Å². The topological polar surface area (TPSA) is 101 Å². The molecule has 1 amide bonds. The lowest BCUT2D eigenvalue weighted by atomic mass is 10.1. The molecule has 25 heavy (non-hydrogen) atoms. The molecular weight excluding hydrogens is 322 g/mol. The molecule has 0 aliphatic carbocycles. The van der Waals surface area contributed by atoms with Gasteiger partial charge in [-0.2, -0.15) is 0 Å². The molecule has 3 rings (SSSR count). The highest BCUT2D eigenvalue weighted by molar-refractivity contribution is 6.10. The number of carbonyl (C=O) groups is 1. The average Bonchev–Trinajstić information content (AvgIpc) is 2.58. The number of hydrogen-bond acceptors (Lipinski definition) is 6. The number of nitro groups is 1. The van der Waals surface area contributed by atoms with Gasteiger partial charge < -0.3 is 10.2 Å². The smallest absolute Gasteiger partial charge is 0.278 e. The lowest BCUT2D eigenvalue weighted by molar-refractivity contribution is -0.383. The van der Waals surface area contributed by atoms with Gasteiger partial charge in [0.2, 0.25) is 0 Å². The summed E-state index contributed by atoms with van der Waals surface area (Å²) in [5, 5.41) is 15.2. The molecule has 0 aliphatic heterocycles. The lowest BCUT2D eigenvalue weighted by Crippen LogP contribution is -2.31. The highest BCUT2D eigenvalue weighted by Gasteiger charge is 2.20. The van der Waals surface area contributed by atoms with Crippen LogP contribution in [0.2, 0.25) is 0 Å². The molecule has 0 unspecified atom stereocenters. The van der Waals surface area contributed by atoms with Gasteiger partial charge in [0.15, 0.2) is 0 Å².